The lowest BCUT2D eigenvalue weighted by atomic mass is 10.0. The van der Waals surface area contributed by atoms with Gasteiger partial charge < -0.3 is 10.6 Å². The Morgan fingerprint density at radius 1 is 1.20 bits per heavy atom. The minimum absolute atomic E-state index is 0.342. The number of piperazine rings is 1. The minimum atomic E-state index is -0.437. The van der Waals surface area contributed by atoms with E-state index in [1.54, 1.807) is 12.1 Å². The number of carbonyl (C=O) groups excluding carboxylic acids is 1. The van der Waals surface area contributed by atoms with Crippen molar-refractivity contribution in [2.24, 2.45) is 5.73 Å². The van der Waals surface area contributed by atoms with Gasteiger partial charge in [0.15, 0.2) is 0 Å². The Hall–Kier alpha value is -1.63. The molecular formula is C18H20BrClN4O. The smallest absolute Gasteiger partial charge is 0.239 e. The van der Waals surface area contributed by atoms with Crippen molar-refractivity contribution in [1.82, 2.24) is 9.88 Å². The number of anilines is 1. The molecule has 132 valence electrons. The van der Waals surface area contributed by atoms with Gasteiger partial charge in [-0.25, -0.2) is 4.98 Å². The second-order valence-electron chi connectivity index (χ2n) is 6.14. The molecule has 1 aliphatic rings. The van der Waals surface area contributed by atoms with E-state index >= 15 is 0 Å². The Balaban J connectivity index is 1.74. The van der Waals surface area contributed by atoms with Crippen molar-refractivity contribution in [3.05, 3.63) is 57.2 Å². The number of pyridine rings is 1. The number of halogens is 2. The molecule has 0 aliphatic carbocycles. The van der Waals surface area contributed by atoms with E-state index in [0.29, 0.717) is 5.02 Å². The van der Waals surface area contributed by atoms with Gasteiger partial charge >= 0.3 is 0 Å². The van der Waals surface area contributed by atoms with Gasteiger partial charge in [0.1, 0.15) is 11.9 Å². The SMILES string of the molecule is Cc1ccnc(N2CCN(C(C(N)=O)c3ccc(Cl)cc3)CC2)c1Br. The van der Waals surface area contributed by atoms with Gasteiger partial charge in [-0.05, 0) is 52.2 Å². The van der Waals surface area contributed by atoms with Crippen molar-refractivity contribution in [3.63, 3.8) is 0 Å². The standard InChI is InChI=1S/C18H20BrClN4O/c1-12-6-7-22-18(15(12)19)24-10-8-23(9-11-24)16(17(21)25)13-2-4-14(20)5-3-13/h2-7,16H,8-11H2,1H3,(H2,21,25). The highest BCUT2D eigenvalue weighted by molar-refractivity contribution is 9.10. The monoisotopic (exact) mass is 422 g/mol. The van der Waals surface area contributed by atoms with Crippen LogP contribution in [0.3, 0.4) is 0 Å². The lowest BCUT2D eigenvalue weighted by molar-refractivity contribution is -0.123. The quantitative estimate of drug-likeness (QED) is 0.820. The number of nitrogens with two attached hydrogens (primary N) is 1. The first-order chi connectivity index (χ1) is 12.0. The molecule has 0 bridgehead atoms. The number of aryl methyl sites for hydroxylation is 1. The molecular weight excluding hydrogens is 404 g/mol. The summed E-state index contributed by atoms with van der Waals surface area (Å²) in [5, 5.41) is 0.646. The maximum atomic E-state index is 12.0. The molecule has 2 heterocycles. The fourth-order valence-corrected chi connectivity index (χ4v) is 3.75. The highest BCUT2D eigenvalue weighted by Gasteiger charge is 2.29. The molecule has 0 radical (unpaired) electrons. The van der Waals surface area contributed by atoms with E-state index < -0.39 is 6.04 Å². The summed E-state index contributed by atoms with van der Waals surface area (Å²) in [4.78, 5) is 20.9. The van der Waals surface area contributed by atoms with Crippen LogP contribution in [0.4, 0.5) is 5.82 Å². The van der Waals surface area contributed by atoms with Gasteiger partial charge in [0.2, 0.25) is 5.91 Å². The minimum Gasteiger partial charge on any atom is -0.368 e. The lowest BCUT2D eigenvalue weighted by Crippen LogP contribution is -2.50. The fraction of sp³-hybridized carbons (Fsp3) is 0.333. The second kappa shape index (κ2) is 7.72. The van der Waals surface area contributed by atoms with Crippen molar-refractivity contribution in [2.75, 3.05) is 31.1 Å². The third-order valence-corrected chi connectivity index (χ3v) is 5.73. The van der Waals surface area contributed by atoms with Gasteiger partial charge in [-0.2, -0.15) is 0 Å². The second-order valence-corrected chi connectivity index (χ2v) is 7.37. The zero-order valence-electron chi connectivity index (χ0n) is 14.0. The largest absolute Gasteiger partial charge is 0.368 e. The first-order valence-corrected chi connectivity index (χ1v) is 9.29. The summed E-state index contributed by atoms with van der Waals surface area (Å²) in [5.41, 5.74) is 7.71. The Morgan fingerprint density at radius 3 is 2.44 bits per heavy atom. The number of benzene rings is 1. The van der Waals surface area contributed by atoms with Gasteiger partial charge in [0, 0.05) is 37.4 Å². The van der Waals surface area contributed by atoms with Crippen LogP contribution in [0, 0.1) is 6.92 Å². The Bertz CT molecular complexity index is 760. The van der Waals surface area contributed by atoms with Gasteiger partial charge in [-0.3, -0.25) is 9.69 Å². The number of hydrogen-bond donors (Lipinski definition) is 1. The third kappa shape index (κ3) is 3.97. The van der Waals surface area contributed by atoms with Crippen LogP contribution in [0.15, 0.2) is 41.0 Å². The van der Waals surface area contributed by atoms with Crippen molar-refractivity contribution in [1.29, 1.82) is 0 Å². The molecule has 2 aromatic rings. The van der Waals surface area contributed by atoms with Crippen molar-refractivity contribution in [3.8, 4) is 0 Å². The molecule has 1 saturated heterocycles. The van der Waals surface area contributed by atoms with Crippen molar-refractivity contribution >= 4 is 39.3 Å². The molecule has 1 aromatic heterocycles. The Kier molecular flexibility index (Phi) is 5.61. The highest BCUT2D eigenvalue weighted by Crippen LogP contribution is 2.29. The average molecular weight is 424 g/mol. The molecule has 0 spiro atoms. The first-order valence-electron chi connectivity index (χ1n) is 8.12. The molecule has 3 rings (SSSR count). The molecule has 1 aliphatic heterocycles. The van der Waals surface area contributed by atoms with Crippen molar-refractivity contribution < 1.29 is 4.79 Å². The molecule has 1 atom stereocenters. The summed E-state index contributed by atoms with van der Waals surface area (Å²) >= 11 is 9.57. The third-order valence-electron chi connectivity index (χ3n) is 4.50. The topological polar surface area (TPSA) is 62.5 Å². The van der Waals surface area contributed by atoms with E-state index in [1.165, 1.54) is 0 Å². The molecule has 25 heavy (non-hydrogen) atoms. The van der Waals surface area contributed by atoms with Crippen LogP contribution in [-0.2, 0) is 4.79 Å². The van der Waals surface area contributed by atoms with E-state index in [0.717, 1.165) is 47.6 Å². The number of amides is 1. The van der Waals surface area contributed by atoms with Crippen LogP contribution in [0.2, 0.25) is 5.02 Å². The van der Waals surface area contributed by atoms with Crippen molar-refractivity contribution in [2.45, 2.75) is 13.0 Å². The maximum absolute atomic E-state index is 12.0. The Morgan fingerprint density at radius 2 is 1.84 bits per heavy atom. The van der Waals surface area contributed by atoms with Gasteiger partial charge in [-0.1, -0.05) is 23.7 Å². The van der Waals surface area contributed by atoms with Crippen LogP contribution < -0.4 is 10.6 Å². The summed E-state index contributed by atoms with van der Waals surface area (Å²) in [6.45, 7) is 5.09. The molecule has 1 unspecified atom stereocenters. The van der Waals surface area contributed by atoms with Gasteiger partial charge in [0.25, 0.3) is 0 Å². The summed E-state index contributed by atoms with van der Waals surface area (Å²) in [7, 11) is 0. The van der Waals surface area contributed by atoms with E-state index in [2.05, 4.69) is 37.6 Å². The molecule has 0 saturated carbocycles. The number of aromatic nitrogens is 1. The van der Waals surface area contributed by atoms with E-state index in [4.69, 9.17) is 17.3 Å². The molecule has 1 fully saturated rings. The van der Waals surface area contributed by atoms with Crippen LogP contribution >= 0.6 is 27.5 Å². The summed E-state index contributed by atoms with van der Waals surface area (Å²) in [6.07, 6.45) is 1.82. The summed E-state index contributed by atoms with van der Waals surface area (Å²) in [6, 6.07) is 8.85. The number of carbonyl (C=O) groups is 1. The lowest BCUT2D eigenvalue weighted by Gasteiger charge is -2.39. The number of primary amides is 1. The summed E-state index contributed by atoms with van der Waals surface area (Å²) < 4.78 is 1.02. The summed E-state index contributed by atoms with van der Waals surface area (Å²) in [5.74, 6) is 0.604. The van der Waals surface area contributed by atoms with Crippen LogP contribution in [0.1, 0.15) is 17.2 Å². The molecule has 5 nitrogen and oxygen atoms in total. The number of nitrogens with zero attached hydrogens (tertiary/aromatic N) is 3. The van der Waals surface area contributed by atoms with E-state index in [1.807, 2.05) is 24.4 Å². The zero-order valence-corrected chi connectivity index (χ0v) is 16.3. The van der Waals surface area contributed by atoms with Gasteiger partial charge in [0.05, 0.1) is 4.47 Å². The average Bonchev–Trinajstić information content (AvgIpc) is 2.60. The Labute approximate surface area is 160 Å². The molecule has 1 amide bonds. The highest BCUT2D eigenvalue weighted by atomic mass is 79.9. The molecule has 1 aromatic carbocycles. The zero-order chi connectivity index (χ0) is 18.0. The predicted octanol–water partition coefficient (Wildman–Crippen LogP) is 3.15. The maximum Gasteiger partial charge on any atom is 0.239 e. The van der Waals surface area contributed by atoms with Crippen LogP contribution in [0.25, 0.3) is 0 Å². The fourth-order valence-electron chi connectivity index (χ4n) is 3.14. The first kappa shape index (κ1) is 18.2. The van der Waals surface area contributed by atoms with Crippen LogP contribution in [-0.4, -0.2) is 42.0 Å². The molecule has 2 N–H and O–H groups in total. The van der Waals surface area contributed by atoms with E-state index in [-0.39, 0.29) is 5.91 Å². The normalized spacial score (nSPS) is 16.7. The van der Waals surface area contributed by atoms with Crippen LogP contribution in [0.5, 0.6) is 0 Å². The predicted molar refractivity (Wildman–Crippen MR) is 104 cm³/mol. The number of hydrogen-bond acceptors (Lipinski definition) is 4. The number of rotatable bonds is 4. The molecule has 7 heteroatoms. The van der Waals surface area contributed by atoms with Gasteiger partial charge in [-0.15, -0.1) is 0 Å². The van der Waals surface area contributed by atoms with E-state index in [9.17, 15) is 4.79 Å².